The summed E-state index contributed by atoms with van der Waals surface area (Å²) in [5, 5.41) is 4.22. The summed E-state index contributed by atoms with van der Waals surface area (Å²) in [6.45, 7) is 2.89. The first-order valence-corrected chi connectivity index (χ1v) is 11.3. The summed E-state index contributed by atoms with van der Waals surface area (Å²) in [4.78, 5) is 41.4. The van der Waals surface area contributed by atoms with E-state index >= 15 is 0 Å². The highest BCUT2D eigenvalue weighted by Crippen LogP contribution is 2.33. The number of benzene rings is 2. The van der Waals surface area contributed by atoms with Gasteiger partial charge in [-0.05, 0) is 62.1 Å². The predicted molar refractivity (Wildman–Crippen MR) is 125 cm³/mol. The van der Waals surface area contributed by atoms with Crippen LogP contribution >= 0.6 is 0 Å². The molecule has 2 aliphatic heterocycles. The van der Waals surface area contributed by atoms with Crippen molar-refractivity contribution in [3.8, 4) is 5.69 Å². The molecule has 174 valence electrons. The second-order valence-corrected chi connectivity index (χ2v) is 8.58. The number of anilines is 2. The summed E-state index contributed by atoms with van der Waals surface area (Å²) in [7, 11) is 0. The SMILES string of the molecule is Cc1cc(N2CCCCC2=O)ccc1N1CCc2c(C(N)=O)nn(-c3ccccc3F)c2C1=O. The van der Waals surface area contributed by atoms with Crippen molar-refractivity contribution in [3.63, 3.8) is 0 Å². The van der Waals surface area contributed by atoms with Crippen molar-refractivity contribution in [1.82, 2.24) is 9.78 Å². The van der Waals surface area contributed by atoms with Crippen LogP contribution in [0.5, 0.6) is 0 Å². The zero-order valence-electron chi connectivity index (χ0n) is 18.8. The van der Waals surface area contributed by atoms with Crippen molar-refractivity contribution in [3.05, 3.63) is 70.8 Å². The van der Waals surface area contributed by atoms with Gasteiger partial charge in [0.2, 0.25) is 5.91 Å². The van der Waals surface area contributed by atoms with Crippen molar-refractivity contribution < 1.29 is 18.8 Å². The maximum atomic E-state index is 14.6. The zero-order valence-corrected chi connectivity index (χ0v) is 18.8. The van der Waals surface area contributed by atoms with Gasteiger partial charge in [0.05, 0.1) is 0 Å². The van der Waals surface area contributed by atoms with E-state index in [0.717, 1.165) is 24.1 Å². The van der Waals surface area contributed by atoms with E-state index in [4.69, 9.17) is 5.73 Å². The van der Waals surface area contributed by atoms with Crippen LogP contribution in [0.15, 0.2) is 42.5 Å². The summed E-state index contributed by atoms with van der Waals surface area (Å²) in [6.07, 6.45) is 2.75. The average molecular weight is 461 g/mol. The normalized spacial score (nSPS) is 16.1. The van der Waals surface area contributed by atoms with Crippen LogP contribution in [0.2, 0.25) is 0 Å². The highest BCUT2D eigenvalue weighted by atomic mass is 19.1. The van der Waals surface area contributed by atoms with E-state index in [-0.39, 0.29) is 23.0 Å². The maximum absolute atomic E-state index is 14.6. The van der Waals surface area contributed by atoms with Crippen LogP contribution in [0.3, 0.4) is 0 Å². The molecular formula is C25H24FN5O3. The number of primary amides is 1. The lowest BCUT2D eigenvalue weighted by molar-refractivity contribution is -0.119. The fourth-order valence-corrected chi connectivity index (χ4v) is 4.77. The van der Waals surface area contributed by atoms with E-state index in [1.54, 1.807) is 15.9 Å². The minimum absolute atomic E-state index is 0.0260. The molecule has 3 heterocycles. The lowest BCUT2D eigenvalue weighted by Crippen LogP contribution is -2.39. The van der Waals surface area contributed by atoms with Gasteiger partial charge in [0.25, 0.3) is 11.8 Å². The quantitative estimate of drug-likeness (QED) is 0.645. The van der Waals surface area contributed by atoms with Gasteiger partial charge in [-0.2, -0.15) is 5.10 Å². The molecule has 1 aromatic heterocycles. The van der Waals surface area contributed by atoms with Crippen LogP contribution in [-0.4, -0.2) is 40.6 Å². The number of halogens is 1. The molecule has 0 atom stereocenters. The second kappa shape index (κ2) is 8.40. The van der Waals surface area contributed by atoms with Gasteiger partial charge in [0, 0.05) is 36.4 Å². The van der Waals surface area contributed by atoms with E-state index in [1.165, 1.54) is 22.9 Å². The number of aromatic nitrogens is 2. The van der Waals surface area contributed by atoms with E-state index in [9.17, 15) is 18.8 Å². The number of carbonyl (C=O) groups is 3. The summed E-state index contributed by atoms with van der Waals surface area (Å²) in [5.41, 5.74) is 8.43. The molecule has 8 nitrogen and oxygen atoms in total. The molecule has 3 amide bonds. The Bertz CT molecular complexity index is 1330. The lowest BCUT2D eigenvalue weighted by atomic mass is 10.0. The van der Waals surface area contributed by atoms with Gasteiger partial charge in [-0.15, -0.1) is 0 Å². The lowest BCUT2D eigenvalue weighted by Gasteiger charge is -2.31. The molecule has 0 bridgehead atoms. The molecule has 0 aliphatic carbocycles. The highest BCUT2D eigenvalue weighted by molar-refractivity contribution is 6.10. The first-order valence-electron chi connectivity index (χ1n) is 11.3. The maximum Gasteiger partial charge on any atom is 0.277 e. The number of aryl methyl sites for hydroxylation is 1. The molecular weight excluding hydrogens is 437 g/mol. The number of hydrogen-bond donors (Lipinski definition) is 1. The van der Waals surface area contributed by atoms with Crippen LogP contribution in [0.4, 0.5) is 15.8 Å². The average Bonchev–Trinajstić information content (AvgIpc) is 3.21. The number of carbonyl (C=O) groups excluding carboxylic acids is 3. The molecule has 5 rings (SSSR count). The highest BCUT2D eigenvalue weighted by Gasteiger charge is 2.35. The van der Waals surface area contributed by atoms with E-state index in [0.29, 0.717) is 37.2 Å². The first-order chi connectivity index (χ1) is 16.4. The number of piperidine rings is 1. The summed E-state index contributed by atoms with van der Waals surface area (Å²) in [5.74, 6) is -1.63. The molecule has 0 saturated carbocycles. The van der Waals surface area contributed by atoms with Crippen LogP contribution in [0, 0.1) is 12.7 Å². The predicted octanol–water partition coefficient (Wildman–Crippen LogP) is 3.14. The minimum Gasteiger partial charge on any atom is -0.364 e. The molecule has 2 N–H and O–H groups in total. The van der Waals surface area contributed by atoms with Crippen LogP contribution in [-0.2, 0) is 11.2 Å². The molecule has 9 heteroatoms. The molecule has 1 fully saturated rings. The van der Waals surface area contributed by atoms with Gasteiger partial charge < -0.3 is 15.5 Å². The molecule has 1 saturated heterocycles. The largest absolute Gasteiger partial charge is 0.364 e. The number of para-hydroxylation sites is 1. The summed E-state index contributed by atoms with van der Waals surface area (Å²) < 4.78 is 15.8. The van der Waals surface area contributed by atoms with Gasteiger partial charge in [0.15, 0.2) is 5.69 Å². The molecule has 0 spiro atoms. The Morgan fingerprint density at radius 3 is 2.50 bits per heavy atom. The number of amides is 3. The molecule has 0 radical (unpaired) electrons. The Kier molecular flexibility index (Phi) is 5.39. The van der Waals surface area contributed by atoms with Gasteiger partial charge in [-0.3, -0.25) is 14.4 Å². The number of nitrogens with zero attached hydrogens (tertiary/aromatic N) is 4. The van der Waals surface area contributed by atoms with Gasteiger partial charge >= 0.3 is 0 Å². The number of hydrogen-bond acceptors (Lipinski definition) is 4. The standard InChI is InChI=1S/C25H24FN5O3/c1-15-14-16(29-12-5-4-8-21(29)32)9-10-19(15)30-13-11-17-22(24(27)33)28-31(23(17)25(30)34)20-7-3-2-6-18(20)26/h2-3,6-7,9-10,14H,4-5,8,11-13H2,1H3,(H2,27,33). The number of fused-ring (bicyclic) bond motifs is 1. The molecule has 2 aromatic carbocycles. The van der Waals surface area contributed by atoms with E-state index in [1.807, 2.05) is 25.1 Å². The number of rotatable bonds is 4. The minimum atomic E-state index is -0.765. The Labute approximate surface area is 195 Å². The van der Waals surface area contributed by atoms with Crippen molar-refractivity contribution >= 4 is 29.1 Å². The van der Waals surface area contributed by atoms with Crippen molar-refractivity contribution in [2.24, 2.45) is 5.73 Å². The van der Waals surface area contributed by atoms with Crippen molar-refractivity contribution in [2.75, 3.05) is 22.9 Å². The van der Waals surface area contributed by atoms with Gasteiger partial charge in [-0.1, -0.05) is 12.1 Å². The molecule has 34 heavy (non-hydrogen) atoms. The zero-order chi connectivity index (χ0) is 24.0. The number of nitrogens with two attached hydrogens (primary N) is 1. The molecule has 0 unspecified atom stereocenters. The van der Waals surface area contributed by atoms with Crippen molar-refractivity contribution in [2.45, 2.75) is 32.6 Å². The third-order valence-electron chi connectivity index (χ3n) is 6.44. The fraction of sp³-hybridized carbons (Fsp3) is 0.280. The fourth-order valence-electron chi connectivity index (χ4n) is 4.77. The van der Waals surface area contributed by atoms with Gasteiger partial charge in [0.1, 0.15) is 17.2 Å². The van der Waals surface area contributed by atoms with Crippen LogP contribution < -0.4 is 15.5 Å². The smallest absolute Gasteiger partial charge is 0.277 e. The van der Waals surface area contributed by atoms with Crippen LogP contribution in [0.1, 0.15) is 51.4 Å². The summed E-state index contributed by atoms with van der Waals surface area (Å²) in [6, 6.07) is 11.5. The van der Waals surface area contributed by atoms with E-state index in [2.05, 4.69) is 5.10 Å². The Hall–Kier alpha value is -4.01. The van der Waals surface area contributed by atoms with Gasteiger partial charge in [-0.25, -0.2) is 9.07 Å². The Morgan fingerprint density at radius 2 is 1.79 bits per heavy atom. The topological polar surface area (TPSA) is 102 Å². The third kappa shape index (κ3) is 3.53. The van der Waals surface area contributed by atoms with Crippen LogP contribution in [0.25, 0.3) is 5.69 Å². The monoisotopic (exact) mass is 461 g/mol. The van der Waals surface area contributed by atoms with E-state index < -0.39 is 17.6 Å². The first kappa shape index (κ1) is 21.8. The second-order valence-electron chi connectivity index (χ2n) is 8.58. The third-order valence-corrected chi connectivity index (χ3v) is 6.44. The molecule has 3 aromatic rings. The Balaban J connectivity index is 1.55. The molecule has 2 aliphatic rings. The van der Waals surface area contributed by atoms with Crippen molar-refractivity contribution in [1.29, 1.82) is 0 Å². The summed E-state index contributed by atoms with van der Waals surface area (Å²) >= 11 is 0. The Morgan fingerprint density at radius 1 is 1.00 bits per heavy atom.